The minimum absolute atomic E-state index is 0.110. The van der Waals surface area contributed by atoms with Crippen LogP contribution in [0, 0.1) is 0 Å². The number of phenols is 2. The number of hydrogen-bond donors (Lipinski definition) is 3. The van der Waals surface area contributed by atoms with Crippen LogP contribution in [0.3, 0.4) is 0 Å². The van der Waals surface area contributed by atoms with Crippen molar-refractivity contribution in [3.63, 3.8) is 0 Å². The maximum atomic E-state index is 12.7. The lowest BCUT2D eigenvalue weighted by Crippen LogP contribution is -2.40. The molecule has 134 valence electrons. The summed E-state index contributed by atoms with van der Waals surface area (Å²) in [6.07, 6.45) is 1.17. The number of hydrazone groups is 1. The van der Waals surface area contributed by atoms with Crippen molar-refractivity contribution in [1.82, 2.24) is 10.3 Å². The van der Waals surface area contributed by atoms with E-state index in [1.807, 2.05) is 0 Å². The third-order valence-corrected chi connectivity index (χ3v) is 4.16. The molecule has 8 nitrogen and oxygen atoms in total. The Bertz CT molecular complexity index is 894. The second-order valence-electron chi connectivity index (χ2n) is 5.89. The largest absolute Gasteiger partial charge is 0.508 e. The molecule has 1 aliphatic rings. The van der Waals surface area contributed by atoms with Crippen molar-refractivity contribution >= 4 is 18.2 Å². The molecule has 3 amide bonds. The van der Waals surface area contributed by atoms with Crippen molar-refractivity contribution < 1.29 is 24.5 Å². The van der Waals surface area contributed by atoms with E-state index in [1.165, 1.54) is 25.5 Å². The van der Waals surface area contributed by atoms with Crippen LogP contribution >= 0.6 is 0 Å². The van der Waals surface area contributed by atoms with Gasteiger partial charge >= 0.3 is 6.03 Å². The molecule has 1 unspecified atom stereocenters. The highest BCUT2D eigenvalue weighted by Gasteiger charge is 2.49. The van der Waals surface area contributed by atoms with Gasteiger partial charge in [-0.3, -0.25) is 4.79 Å². The number of imide groups is 1. The van der Waals surface area contributed by atoms with Crippen LogP contribution < -0.4 is 10.1 Å². The van der Waals surface area contributed by atoms with Gasteiger partial charge in [-0.15, -0.1) is 5.01 Å². The number of benzene rings is 2. The zero-order valence-corrected chi connectivity index (χ0v) is 14.1. The van der Waals surface area contributed by atoms with Crippen LogP contribution in [0.4, 0.5) is 4.79 Å². The van der Waals surface area contributed by atoms with Crippen LogP contribution in [0.5, 0.6) is 17.2 Å². The van der Waals surface area contributed by atoms with Crippen molar-refractivity contribution in [2.24, 2.45) is 5.10 Å². The van der Waals surface area contributed by atoms with Gasteiger partial charge < -0.3 is 20.3 Å². The molecule has 0 spiro atoms. The van der Waals surface area contributed by atoms with E-state index in [-0.39, 0.29) is 17.1 Å². The maximum absolute atomic E-state index is 12.7. The van der Waals surface area contributed by atoms with Gasteiger partial charge in [0.05, 0.1) is 13.3 Å². The van der Waals surface area contributed by atoms with Gasteiger partial charge in [-0.2, -0.15) is 5.10 Å². The van der Waals surface area contributed by atoms with Crippen LogP contribution in [-0.4, -0.2) is 40.5 Å². The number of carbonyl (C=O) groups excluding carboxylic acids is 2. The number of nitrogens with one attached hydrogen (secondary N) is 1. The fourth-order valence-electron chi connectivity index (χ4n) is 2.61. The molecule has 1 aliphatic heterocycles. The molecule has 0 radical (unpaired) electrons. The zero-order valence-electron chi connectivity index (χ0n) is 14.1. The van der Waals surface area contributed by atoms with Crippen LogP contribution in [0.1, 0.15) is 18.1 Å². The Morgan fingerprint density at radius 1 is 1.15 bits per heavy atom. The van der Waals surface area contributed by atoms with Gasteiger partial charge in [-0.05, 0) is 36.8 Å². The van der Waals surface area contributed by atoms with E-state index in [2.05, 4.69) is 10.4 Å². The summed E-state index contributed by atoms with van der Waals surface area (Å²) in [5.74, 6) is -0.255. The van der Waals surface area contributed by atoms with E-state index < -0.39 is 17.5 Å². The number of urea groups is 1. The average Bonchev–Trinajstić information content (AvgIpc) is 2.84. The van der Waals surface area contributed by atoms with Crippen molar-refractivity contribution in [3.05, 3.63) is 53.6 Å². The van der Waals surface area contributed by atoms with Crippen molar-refractivity contribution in [2.75, 3.05) is 7.11 Å². The molecule has 3 rings (SSSR count). The second kappa shape index (κ2) is 6.40. The zero-order chi connectivity index (χ0) is 18.9. The van der Waals surface area contributed by atoms with Crippen LogP contribution in [0.2, 0.25) is 0 Å². The summed E-state index contributed by atoms with van der Waals surface area (Å²) in [5.41, 5.74) is -0.430. The summed E-state index contributed by atoms with van der Waals surface area (Å²) < 4.78 is 5.09. The summed E-state index contributed by atoms with van der Waals surface area (Å²) in [4.78, 5) is 25.0. The van der Waals surface area contributed by atoms with Gasteiger partial charge in [-0.25, -0.2) is 4.79 Å². The molecule has 2 aromatic rings. The van der Waals surface area contributed by atoms with Gasteiger partial charge in [-0.1, -0.05) is 12.1 Å². The van der Waals surface area contributed by atoms with Gasteiger partial charge in [0.25, 0.3) is 5.91 Å². The smallest absolute Gasteiger partial charge is 0.346 e. The first-order chi connectivity index (χ1) is 12.3. The molecule has 8 heteroatoms. The SMILES string of the molecule is COc1ccc(C2(C)NC(=O)N(/N=C/c3ccc(O)cc3O)C2=O)cc1. The van der Waals surface area contributed by atoms with Crippen molar-refractivity contribution in [3.8, 4) is 17.2 Å². The lowest BCUT2D eigenvalue weighted by molar-refractivity contribution is -0.131. The maximum Gasteiger partial charge on any atom is 0.346 e. The number of phenolic OH excluding ortho intramolecular Hbond substituents is 2. The molecule has 1 heterocycles. The van der Waals surface area contributed by atoms with Gasteiger partial charge in [0.1, 0.15) is 22.8 Å². The minimum Gasteiger partial charge on any atom is -0.508 e. The summed E-state index contributed by atoms with van der Waals surface area (Å²) in [6, 6.07) is 9.99. The topological polar surface area (TPSA) is 111 Å². The molecule has 0 bridgehead atoms. The van der Waals surface area contributed by atoms with Crippen molar-refractivity contribution in [1.29, 1.82) is 0 Å². The molecule has 2 aromatic carbocycles. The predicted octanol–water partition coefficient (Wildman–Crippen LogP) is 1.91. The highest BCUT2D eigenvalue weighted by molar-refractivity contribution is 6.07. The summed E-state index contributed by atoms with van der Waals surface area (Å²) in [6.45, 7) is 1.59. The highest BCUT2D eigenvalue weighted by atomic mass is 16.5. The number of amides is 3. The highest BCUT2D eigenvalue weighted by Crippen LogP contribution is 2.30. The van der Waals surface area contributed by atoms with E-state index in [4.69, 9.17) is 4.74 Å². The van der Waals surface area contributed by atoms with Gasteiger partial charge in [0.15, 0.2) is 0 Å². The molecule has 3 N–H and O–H groups in total. The fourth-order valence-corrected chi connectivity index (χ4v) is 2.61. The first-order valence-electron chi connectivity index (χ1n) is 7.72. The van der Waals surface area contributed by atoms with Gasteiger partial charge in [0, 0.05) is 11.6 Å². The van der Waals surface area contributed by atoms with E-state index >= 15 is 0 Å². The normalized spacial score (nSPS) is 19.8. The molecule has 0 aromatic heterocycles. The Morgan fingerprint density at radius 2 is 1.85 bits per heavy atom. The Balaban J connectivity index is 1.87. The monoisotopic (exact) mass is 355 g/mol. The summed E-state index contributed by atoms with van der Waals surface area (Å²) >= 11 is 0. The standard InChI is InChI=1S/C18H17N3O5/c1-18(12-4-7-14(26-2)8-5-12)16(24)21(17(25)20-18)19-10-11-3-6-13(22)9-15(11)23/h3-10,22-23H,1-2H3,(H,20,25)/b19-10+. The first-order valence-corrected chi connectivity index (χ1v) is 7.72. The van der Waals surface area contributed by atoms with Crippen LogP contribution in [0.25, 0.3) is 0 Å². The molecular weight excluding hydrogens is 338 g/mol. The van der Waals surface area contributed by atoms with E-state index in [0.717, 1.165) is 6.07 Å². The summed E-state index contributed by atoms with van der Waals surface area (Å²) in [5, 5.41) is 26.3. The Labute approximate surface area is 149 Å². The molecule has 1 atom stereocenters. The van der Waals surface area contributed by atoms with E-state index in [9.17, 15) is 19.8 Å². The number of aromatic hydroxyl groups is 2. The van der Waals surface area contributed by atoms with E-state index in [0.29, 0.717) is 16.3 Å². The fraction of sp³-hybridized carbons (Fsp3) is 0.167. The number of ether oxygens (including phenoxy) is 1. The lowest BCUT2D eigenvalue weighted by Gasteiger charge is -2.21. The summed E-state index contributed by atoms with van der Waals surface area (Å²) in [7, 11) is 1.54. The molecule has 1 fully saturated rings. The number of hydrogen-bond acceptors (Lipinski definition) is 6. The number of nitrogens with zero attached hydrogens (tertiary/aromatic N) is 2. The Kier molecular flexibility index (Phi) is 4.25. The Morgan fingerprint density at radius 3 is 2.46 bits per heavy atom. The average molecular weight is 355 g/mol. The number of methoxy groups -OCH3 is 1. The lowest BCUT2D eigenvalue weighted by atomic mass is 9.92. The predicted molar refractivity (Wildman–Crippen MR) is 93.1 cm³/mol. The number of carbonyl (C=O) groups is 2. The molecular formula is C18H17N3O5. The number of rotatable bonds is 4. The first kappa shape index (κ1) is 17.3. The van der Waals surface area contributed by atoms with Crippen LogP contribution in [0.15, 0.2) is 47.6 Å². The van der Waals surface area contributed by atoms with Crippen molar-refractivity contribution in [2.45, 2.75) is 12.5 Å². The Hall–Kier alpha value is -3.55. The minimum atomic E-state index is -1.27. The second-order valence-corrected chi connectivity index (χ2v) is 5.89. The molecule has 0 aliphatic carbocycles. The van der Waals surface area contributed by atoms with E-state index in [1.54, 1.807) is 31.2 Å². The van der Waals surface area contributed by atoms with Crippen LogP contribution in [-0.2, 0) is 10.3 Å². The molecule has 26 heavy (non-hydrogen) atoms. The third-order valence-electron chi connectivity index (χ3n) is 4.16. The molecule has 1 saturated heterocycles. The quantitative estimate of drug-likeness (QED) is 0.573. The van der Waals surface area contributed by atoms with Gasteiger partial charge in [0.2, 0.25) is 0 Å². The molecule has 0 saturated carbocycles. The third kappa shape index (κ3) is 2.92.